The Hall–Kier alpha value is -0.860. The van der Waals surface area contributed by atoms with Crippen LogP contribution in [0.3, 0.4) is 0 Å². The average molecular weight is 221 g/mol. The van der Waals surface area contributed by atoms with Gasteiger partial charge >= 0.3 is 0 Å². The van der Waals surface area contributed by atoms with Gasteiger partial charge in [0.15, 0.2) is 0 Å². The van der Waals surface area contributed by atoms with Crippen LogP contribution in [0.15, 0.2) is 24.3 Å². The molecule has 16 heavy (non-hydrogen) atoms. The largest absolute Gasteiger partial charge is 0.396 e. The maximum absolute atomic E-state index is 9.49. The second-order valence-electron chi connectivity index (χ2n) is 4.77. The summed E-state index contributed by atoms with van der Waals surface area (Å²) in [5.74, 6) is 0.717. The molecule has 0 bridgehead atoms. The molecule has 0 saturated carbocycles. The third kappa shape index (κ3) is 3.06. The molecule has 2 N–H and O–H groups in total. The van der Waals surface area contributed by atoms with Crippen LogP contribution in [0.2, 0.25) is 0 Å². The first-order valence-corrected chi connectivity index (χ1v) is 5.94. The predicted molar refractivity (Wildman–Crippen MR) is 68.4 cm³/mol. The van der Waals surface area contributed by atoms with Gasteiger partial charge < -0.3 is 10.4 Å². The minimum atomic E-state index is 0.219. The van der Waals surface area contributed by atoms with Crippen LogP contribution in [-0.4, -0.2) is 18.8 Å². The SMILES string of the molecule is CNC(c1cccc(C)c1)C(CO)C(C)C. The van der Waals surface area contributed by atoms with Gasteiger partial charge in [-0.05, 0) is 25.5 Å². The molecule has 1 aromatic carbocycles. The van der Waals surface area contributed by atoms with Crippen molar-refractivity contribution in [2.45, 2.75) is 26.8 Å². The Morgan fingerprint density at radius 2 is 2.00 bits per heavy atom. The Kier molecular flexibility index (Phi) is 4.97. The lowest BCUT2D eigenvalue weighted by Gasteiger charge is -2.29. The molecule has 2 heteroatoms. The maximum atomic E-state index is 9.49. The lowest BCUT2D eigenvalue weighted by molar-refractivity contribution is 0.154. The number of rotatable bonds is 5. The lowest BCUT2D eigenvalue weighted by Crippen LogP contribution is -2.31. The second kappa shape index (κ2) is 6.02. The fraction of sp³-hybridized carbons (Fsp3) is 0.571. The van der Waals surface area contributed by atoms with Crippen LogP contribution in [0, 0.1) is 18.8 Å². The summed E-state index contributed by atoms with van der Waals surface area (Å²) in [6.45, 7) is 6.62. The highest BCUT2D eigenvalue weighted by molar-refractivity contribution is 5.25. The lowest BCUT2D eigenvalue weighted by atomic mass is 9.85. The second-order valence-corrected chi connectivity index (χ2v) is 4.77. The Bertz CT molecular complexity index is 322. The summed E-state index contributed by atoms with van der Waals surface area (Å²) in [6, 6.07) is 8.71. The van der Waals surface area contributed by atoms with Crippen LogP contribution in [0.1, 0.15) is 31.0 Å². The molecular weight excluding hydrogens is 198 g/mol. The number of aliphatic hydroxyl groups excluding tert-OH is 1. The highest BCUT2D eigenvalue weighted by Gasteiger charge is 2.23. The Morgan fingerprint density at radius 3 is 2.44 bits per heavy atom. The number of aryl methyl sites for hydroxylation is 1. The standard InChI is InChI=1S/C14H23NO/c1-10(2)13(9-16)14(15-4)12-7-5-6-11(3)8-12/h5-8,10,13-16H,9H2,1-4H3. The van der Waals surface area contributed by atoms with Gasteiger partial charge in [0.2, 0.25) is 0 Å². The number of hydrogen-bond donors (Lipinski definition) is 2. The van der Waals surface area contributed by atoms with E-state index in [0.717, 1.165) is 0 Å². The molecule has 1 rings (SSSR count). The van der Waals surface area contributed by atoms with Crippen LogP contribution in [0.4, 0.5) is 0 Å². The first-order chi connectivity index (χ1) is 7.60. The molecule has 1 aromatic rings. The minimum Gasteiger partial charge on any atom is -0.396 e. The predicted octanol–water partition coefficient (Wildman–Crippen LogP) is 2.52. The van der Waals surface area contributed by atoms with Crippen molar-refractivity contribution in [3.05, 3.63) is 35.4 Å². The van der Waals surface area contributed by atoms with Crippen molar-refractivity contribution >= 4 is 0 Å². The molecule has 2 nitrogen and oxygen atoms in total. The van der Waals surface area contributed by atoms with E-state index in [9.17, 15) is 5.11 Å². The molecule has 0 aromatic heterocycles. The van der Waals surface area contributed by atoms with E-state index in [1.54, 1.807) is 0 Å². The van der Waals surface area contributed by atoms with Crippen LogP contribution in [0.5, 0.6) is 0 Å². The maximum Gasteiger partial charge on any atom is 0.0479 e. The van der Waals surface area contributed by atoms with Crippen molar-refractivity contribution in [2.24, 2.45) is 11.8 Å². The van der Waals surface area contributed by atoms with Gasteiger partial charge in [-0.2, -0.15) is 0 Å². The highest BCUT2D eigenvalue weighted by atomic mass is 16.3. The van der Waals surface area contributed by atoms with Crippen LogP contribution in [0.25, 0.3) is 0 Å². The first-order valence-electron chi connectivity index (χ1n) is 5.94. The van der Waals surface area contributed by atoms with Crippen molar-refractivity contribution in [2.75, 3.05) is 13.7 Å². The van der Waals surface area contributed by atoms with Crippen molar-refractivity contribution in [3.63, 3.8) is 0 Å². The van der Waals surface area contributed by atoms with Gasteiger partial charge in [0.05, 0.1) is 0 Å². The van der Waals surface area contributed by atoms with E-state index in [1.165, 1.54) is 11.1 Å². The summed E-state index contributed by atoms with van der Waals surface area (Å²) < 4.78 is 0. The molecule has 0 aliphatic heterocycles. The number of nitrogens with one attached hydrogen (secondary N) is 1. The highest BCUT2D eigenvalue weighted by Crippen LogP contribution is 2.27. The number of benzene rings is 1. The van der Waals surface area contributed by atoms with Crippen LogP contribution >= 0.6 is 0 Å². The van der Waals surface area contributed by atoms with Crippen LogP contribution in [-0.2, 0) is 0 Å². The molecule has 0 aliphatic rings. The molecular formula is C14H23NO. The Labute approximate surface area is 98.7 Å². The van der Waals surface area contributed by atoms with Crippen molar-refractivity contribution in [1.29, 1.82) is 0 Å². The molecule has 0 heterocycles. The van der Waals surface area contributed by atoms with E-state index < -0.39 is 0 Å². The Morgan fingerprint density at radius 1 is 1.31 bits per heavy atom. The molecule has 0 amide bonds. The van der Waals surface area contributed by atoms with Crippen molar-refractivity contribution in [1.82, 2.24) is 5.32 Å². The zero-order valence-corrected chi connectivity index (χ0v) is 10.7. The quantitative estimate of drug-likeness (QED) is 0.800. The third-order valence-electron chi connectivity index (χ3n) is 3.21. The van der Waals surface area contributed by atoms with Gasteiger partial charge in [0, 0.05) is 18.6 Å². The van der Waals surface area contributed by atoms with Crippen molar-refractivity contribution in [3.8, 4) is 0 Å². The molecule has 0 radical (unpaired) electrons. The summed E-state index contributed by atoms with van der Waals surface area (Å²) in [6.07, 6.45) is 0. The van der Waals surface area contributed by atoms with E-state index in [0.29, 0.717) is 5.92 Å². The third-order valence-corrected chi connectivity index (χ3v) is 3.21. The van der Waals surface area contributed by atoms with Gasteiger partial charge in [-0.25, -0.2) is 0 Å². The normalized spacial score (nSPS) is 15.1. The smallest absolute Gasteiger partial charge is 0.0479 e. The fourth-order valence-corrected chi connectivity index (χ4v) is 2.19. The van der Waals surface area contributed by atoms with Gasteiger partial charge in [-0.3, -0.25) is 0 Å². The van der Waals surface area contributed by atoms with E-state index in [2.05, 4.69) is 50.4 Å². The monoisotopic (exact) mass is 221 g/mol. The molecule has 90 valence electrons. The summed E-state index contributed by atoms with van der Waals surface area (Å²) in [7, 11) is 1.96. The average Bonchev–Trinajstić information content (AvgIpc) is 2.25. The van der Waals surface area contributed by atoms with Gasteiger partial charge in [-0.15, -0.1) is 0 Å². The zero-order valence-electron chi connectivity index (χ0n) is 10.7. The van der Waals surface area contributed by atoms with Crippen LogP contribution < -0.4 is 5.32 Å². The van der Waals surface area contributed by atoms with Gasteiger partial charge in [0.1, 0.15) is 0 Å². The summed E-state index contributed by atoms with van der Waals surface area (Å²) in [5.41, 5.74) is 2.52. The summed E-state index contributed by atoms with van der Waals surface area (Å²) in [5, 5.41) is 12.8. The molecule has 0 spiro atoms. The first kappa shape index (κ1) is 13.2. The van der Waals surface area contributed by atoms with Crippen molar-refractivity contribution < 1.29 is 5.11 Å². The van der Waals surface area contributed by atoms with E-state index >= 15 is 0 Å². The molecule has 0 fully saturated rings. The summed E-state index contributed by atoms with van der Waals surface area (Å²) in [4.78, 5) is 0. The molecule has 2 unspecified atom stereocenters. The zero-order chi connectivity index (χ0) is 12.1. The molecule has 0 saturated heterocycles. The van der Waals surface area contributed by atoms with E-state index in [1.807, 2.05) is 7.05 Å². The fourth-order valence-electron chi connectivity index (χ4n) is 2.19. The molecule has 2 atom stereocenters. The van der Waals surface area contributed by atoms with Gasteiger partial charge in [-0.1, -0.05) is 43.7 Å². The topological polar surface area (TPSA) is 32.3 Å². The van der Waals surface area contributed by atoms with E-state index in [-0.39, 0.29) is 18.6 Å². The summed E-state index contributed by atoms with van der Waals surface area (Å²) >= 11 is 0. The molecule has 0 aliphatic carbocycles. The minimum absolute atomic E-state index is 0.219. The Balaban J connectivity index is 2.96. The number of aliphatic hydroxyl groups is 1. The van der Waals surface area contributed by atoms with Gasteiger partial charge in [0.25, 0.3) is 0 Å². The number of hydrogen-bond acceptors (Lipinski definition) is 2. The van der Waals surface area contributed by atoms with E-state index in [4.69, 9.17) is 0 Å².